The highest BCUT2D eigenvalue weighted by molar-refractivity contribution is 5.94. The molecular formula is C16H19NO3. The average Bonchev–Trinajstić information content (AvgIpc) is 2.52. The van der Waals surface area contributed by atoms with Gasteiger partial charge in [0.25, 0.3) is 5.91 Å². The van der Waals surface area contributed by atoms with Gasteiger partial charge < -0.3 is 15.2 Å². The van der Waals surface area contributed by atoms with Gasteiger partial charge in [-0.2, -0.15) is 0 Å². The van der Waals surface area contributed by atoms with E-state index >= 15 is 0 Å². The molecule has 2 rings (SSSR count). The molecule has 1 fully saturated rings. The van der Waals surface area contributed by atoms with Crippen molar-refractivity contribution in [2.75, 3.05) is 26.4 Å². The molecule has 1 aromatic rings. The molecule has 0 spiro atoms. The standard InChI is InChI=1S/C16H19NO3/c18-8-2-5-13-4-1-7-15(10-13)16(19)17-11-14-6-3-9-20-12-14/h1,4,7,10,14,18H,3,6,8-9,11-12H2,(H,17,19). The fraction of sp³-hybridized carbons (Fsp3) is 0.438. The van der Waals surface area contributed by atoms with Crippen LogP contribution in [0.4, 0.5) is 0 Å². The summed E-state index contributed by atoms with van der Waals surface area (Å²) in [5.74, 6) is 5.68. The highest BCUT2D eigenvalue weighted by Gasteiger charge is 2.15. The summed E-state index contributed by atoms with van der Waals surface area (Å²) in [4.78, 5) is 12.1. The molecule has 1 saturated heterocycles. The number of ether oxygens (including phenoxy) is 1. The summed E-state index contributed by atoms with van der Waals surface area (Å²) < 4.78 is 5.39. The maximum Gasteiger partial charge on any atom is 0.251 e. The first kappa shape index (κ1) is 14.6. The van der Waals surface area contributed by atoms with Gasteiger partial charge in [0, 0.05) is 24.3 Å². The second-order valence-electron chi connectivity index (χ2n) is 4.83. The van der Waals surface area contributed by atoms with Crippen molar-refractivity contribution in [3.05, 3.63) is 35.4 Å². The van der Waals surface area contributed by atoms with Crippen LogP contribution in [0, 0.1) is 17.8 Å². The Labute approximate surface area is 119 Å². The van der Waals surface area contributed by atoms with E-state index in [1.54, 1.807) is 18.2 Å². The van der Waals surface area contributed by atoms with Gasteiger partial charge in [-0.25, -0.2) is 0 Å². The molecule has 0 radical (unpaired) electrons. The van der Waals surface area contributed by atoms with Crippen LogP contribution < -0.4 is 5.32 Å². The Balaban J connectivity index is 1.91. The number of rotatable bonds is 3. The largest absolute Gasteiger partial charge is 0.384 e. The quantitative estimate of drug-likeness (QED) is 0.813. The van der Waals surface area contributed by atoms with Crippen LogP contribution in [-0.4, -0.2) is 37.4 Å². The zero-order valence-corrected chi connectivity index (χ0v) is 11.4. The van der Waals surface area contributed by atoms with E-state index < -0.39 is 0 Å². The number of carbonyl (C=O) groups is 1. The molecule has 0 saturated carbocycles. The van der Waals surface area contributed by atoms with Crippen LogP contribution in [0.3, 0.4) is 0 Å². The third kappa shape index (κ3) is 4.37. The maximum atomic E-state index is 12.1. The average molecular weight is 273 g/mol. The highest BCUT2D eigenvalue weighted by atomic mass is 16.5. The highest BCUT2D eigenvalue weighted by Crippen LogP contribution is 2.12. The van der Waals surface area contributed by atoms with Crippen LogP contribution in [0.15, 0.2) is 24.3 Å². The summed E-state index contributed by atoms with van der Waals surface area (Å²) in [5, 5.41) is 11.6. The second kappa shape index (κ2) is 7.68. The van der Waals surface area contributed by atoms with Crippen LogP contribution in [0.5, 0.6) is 0 Å². The molecule has 1 aliphatic rings. The van der Waals surface area contributed by atoms with Gasteiger partial charge in [0.15, 0.2) is 0 Å². The first-order valence-electron chi connectivity index (χ1n) is 6.85. The van der Waals surface area contributed by atoms with Crippen molar-refractivity contribution in [3.8, 4) is 11.8 Å². The Morgan fingerprint density at radius 2 is 2.40 bits per heavy atom. The maximum absolute atomic E-state index is 12.1. The molecule has 1 amide bonds. The molecule has 1 unspecified atom stereocenters. The molecule has 0 aliphatic carbocycles. The summed E-state index contributed by atoms with van der Waals surface area (Å²) in [6.07, 6.45) is 2.16. The zero-order valence-electron chi connectivity index (χ0n) is 11.4. The Bertz CT molecular complexity index is 510. The van der Waals surface area contributed by atoms with Crippen molar-refractivity contribution in [3.63, 3.8) is 0 Å². The lowest BCUT2D eigenvalue weighted by Gasteiger charge is -2.22. The van der Waals surface area contributed by atoms with Gasteiger partial charge >= 0.3 is 0 Å². The first-order chi connectivity index (χ1) is 9.79. The molecule has 4 nitrogen and oxygen atoms in total. The fourth-order valence-electron chi connectivity index (χ4n) is 2.19. The number of hydrogen-bond donors (Lipinski definition) is 2. The summed E-state index contributed by atoms with van der Waals surface area (Å²) in [6.45, 7) is 2.02. The minimum atomic E-state index is -0.182. The second-order valence-corrected chi connectivity index (χ2v) is 4.83. The number of benzene rings is 1. The Kier molecular flexibility index (Phi) is 5.60. The van der Waals surface area contributed by atoms with E-state index in [0.717, 1.165) is 31.6 Å². The van der Waals surface area contributed by atoms with E-state index in [1.165, 1.54) is 0 Å². The lowest BCUT2D eigenvalue weighted by molar-refractivity contribution is 0.0536. The van der Waals surface area contributed by atoms with Crippen molar-refractivity contribution in [1.82, 2.24) is 5.32 Å². The molecule has 1 aromatic carbocycles. The topological polar surface area (TPSA) is 58.6 Å². The van der Waals surface area contributed by atoms with Gasteiger partial charge in [0.2, 0.25) is 0 Å². The van der Waals surface area contributed by atoms with Crippen LogP contribution in [-0.2, 0) is 4.74 Å². The van der Waals surface area contributed by atoms with Crippen molar-refractivity contribution in [1.29, 1.82) is 0 Å². The summed E-state index contributed by atoms with van der Waals surface area (Å²) in [6, 6.07) is 7.10. The summed E-state index contributed by atoms with van der Waals surface area (Å²) in [7, 11) is 0. The van der Waals surface area contributed by atoms with Crippen LogP contribution in [0.1, 0.15) is 28.8 Å². The lowest BCUT2D eigenvalue weighted by Crippen LogP contribution is -2.33. The Hall–Kier alpha value is -1.83. The first-order valence-corrected chi connectivity index (χ1v) is 6.85. The van der Waals surface area contributed by atoms with Crippen molar-refractivity contribution in [2.45, 2.75) is 12.8 Å². The molecule has 0 bridgehead atoms. The molecule has 20 heavy (non-hydrogen) atoms. The predicted octanol–water partition coefficient (Wildman–Crippen LogP) is 1.19. The smallest absolute Gasteiger partial charge is 0.251 e. The number of amides is 1. The van der Waals surface area contributed by atoms with E-state index in [2.05, 4.69) is 17.2 Å². The van der Waals surface area contributed by atoms with Gasteiger partial charge in [0.1, 0.15) is 6.61 Å². The van der Waals surface area contributed by atoms with E-state index in [1.807, 2.05) is 6.07 Å². The molecule has 1 heterocycles. The normalized spacial score (nSPS) is 17.9. The van der Waals surface area contributed by atoms with Crippen molar-refractivity contribution < 1.29 is 14.6 Å². The molecule has 2 N–H and O–H groups in total. The van der Waals surface area contributed by atoms with Gasteiger partial charge in [0.05, 0.1) is 6.61 Å². The summed E-state index contributed by atoms with van der Waals surface area (Å²) >= 11 is 0. The summed E-state index contributed by atoms with van der Waals surface area (Å²) in [5.41, 5.74) is 1.32. The van der Waals surface area contributed by atoms with Crippen LogP contribution in [0.2, 0.25) is 0 Å². The fourth-order valence-corrected chi connectivity index (χ4v) is 2.19. The van der Waals surface area contributed by atoms with Gasteiger partial charge in [-0.05, 0) is 37.0 Å². The SMILES string of the molecule is O=C(NCC1CCCOC1)c1cccc(C#CCO)c1. The molecule has 106 valence electrons. The lowest BCUT2D eigenvalue weighted by atomic mass is 10.0. The van der Waals surface area contributed by atoms with E-state index in [0.29, 0.717) is 18.0 Å². The van der Waals surface area contributed by atoms with E-state index in [9.17, 15) is 4.79 Å². The van der Waals surface area contributed by atoms with E-state index in [-0.39, 0.29) is 12.5 Å². The third-order valence-corrected chi connectivity index (χ3v) is 3.24. The van der Waals surface area contributed by atoms with Gasteiger partial charge in [-0.3, -0.25) is 4.79 Å². The molecule has 1 aliphatic heterocycles. The molecular weight excluding hydrogens is 254 g/mol. The number of nitrogens with one attached hydrogen (secondary N) is 1. The monoisotopic (exact) mass is 273 g/mol. The molecule has 4 heteroatoms. The number of carbonyl (C=O) groups excluding carboxylic acids is 1. The van der Waals surface area contributed by atoms with E-state index in [4.69, 9.17) is 9.84 Å². The molecule has 0 aromatic heterocycles. The Morgan fingerprint density at radius 1 is 1.50 bits per heavy atom. The number of hydrogen-bond acceptors (Lipinski definition) is 3. The zero-order chi connectivity index (χ0) is 14.2. The Morgan fingerprint density at radius 3 is 3.15 bits per heavy atom. The van der Waals surface area contributed by atoms with Crippen molar-refractivity contribution in [2.24, 2.45) is 5.92 Å². The minimum Gasteiger partial charge on any atom is -0.384 e. The molecule has 1 atom stereocenters. The third-order valence-electron chi connectivity index (χ3n) is 3.24. The van der Waals surface area contributed by atoms with Gasteiger partial charge in [-0.15, -0.1) is 0 Å². The minimum absolute atomic E-state index is 0.0942. The van der Waals surface area contributed by atoms with Crippen LogP contribution in [0.25, 0.3) is 0 Å². The van der Waals surface area contributed by atoms with Crippen molar-refractivity contribution >= 4 is 5.91 Å². The number of aliphatic hydroxyl groups excluding tert-OH is 1. The predicted molar refractivity (Wildman–Crippen MR) is 76.3 cm³/mol. The van der Waals surface area contributed by atoms with Gasteiger partial charge in [-0.1, -0.05) is 17.9 Å². The number of aliphatic hydroxyl groups is 1. The van der Waals surface area contributed by atoms with Crippen LogP contribution >= 0.6 is 0 Å².